The van der Waals surface area contributed by atoms with Crippen LogP contribution in [0.3, 0.4) is 0 Å². The summed E-state index contributed by atoms with van der Waals surface area (Å²) in [7, 11) is 0. The normalized spacial score (nSPS) is 23.6. The molecule has 98 valence electrons. The lowest BCUT2D eigenvalue weighted by molar-refractivity contribution is -0.122. The summed E-state index contributed by atoms with van der Waals surface area (Å²) in [6, 6.07) is 4.53. The molecule has 0 spiro atoms. The van der Waals surface area contributed by atoms with E-state index in [4.69, 9.17) is 16.7 Å². The van der Waals surface area contributed by atoms with Crippen LogP contribution in [0.25, 0.3) is 0 Å². The molecule has 1 aromatic rings. The first-order valence-corrected chi connectivity index (χ1v) is 6.28. The number of rotatable bonds is 4. The second kappa shape index (κ2) is 5.24. The Labute approximate surface area is 110 Å². The SMILES string of the molecule is CC(O)CNC(=O)C1CC1c1c(F)cccc1Cl. The molecule has 3 unspecified atom stereocenters. The van der Waals surface area contributed by atoms with Crippen molar-refractivity contribution in [1.82, 2.24) is 5.32 Å². The van der Waals surface area contributed by atoms with Gasteiger partial charge in [0.05, 0.1) is 6.10 Å². The Morgan fingerprint density at radius 2 is 2.39 bits per heavy atom. The molecule has 3 nitrogen and oxygen atoms in total. The van der Waals surface area contributed by atoms with E-state index in [0.29, 0.717) is 17.0 Å². The van der Waals surface area contributed by atoms with E-state index in [1.54, 1.807) is 19.1 Å². The van der Waals surface area contributed by atoms with Crippen LogP contribution in [0, 0.1) is 11.7 Å². The largest absolute Gasteiger partial charge is 0.392 e. The van der Waals surface area contributed by atoms with Crippen molar-refractivity contribution < 1.29 is 14.3 Å². The molecule has 1 aliphatic rings. The second-order valence-electron chi connectivity index (χ2n) is 4.68. The predicted molar refractivity (Wildman–Crippen MR) is 66.9 cm³/mol. The van der Waals surface area contributed by atoms with Gasteiger partial charge in [-0.05, 0) is 25.5 Å². The van der Waals surface area contributed by atoms with Crippen molar-refractivity contribution in [2.75, 3.05) is 6.54 Å². The molecule has 0 aromatic heterocycles. The minimum Gasteiger partial charge on any atom is -0.392 e. The van der Waals surface area contributed by atoms with Crippen molar-refractivity contribution in [3.05, 3.63) is 34.6 Å². The van der Waals surface area contributed by atoms with Crippen LogP contribution in [0.2, 0.25) is 5.02 Å². The Balaban J connectivity index is 2.01. The number of nitrogens with one attached hydrogen (secondary N) is 1. The monoisotopic (exact) mass is 271 g/mol. The van der Waals surface area contributed by atoms with Crippen LogP contribution in [0.5, 0.6) is 0 Å². The van der Waals surface area contributed by atoms with E-state index >= 15 is 0 Å². The third-order valence-corrected chi connectivity index (χ3v) is 3.40. The van der Waals surface area contributed by atoms with Crippen molar-refractivity contribution in [2.45, 2.75) is 25.4 Å². The zero-order valence-corrected chi connectivity index (χ0v) is 10.7. The minimum absolute atomic E-state index is 0.146. The lowest BCUT2D eigenvalue weighted by Gasteiger charge is -2.08. The summed E-state index contributed by atoms with van der Waals surface area (Å²) in [4.78, 5) is 11.7. The van der Waals surface area contributed by atoms with E-state index < -0.39 is 6.10 Å². The number of aliphatic hydroxyl groups excluding tert-OH is 1. The average Bonchev–Trinajstić information content (AvgIpc) is 3.06. The molecule has 18 heavy (non-hydrogen) atoms. The van der Waals surface area contributed by atoms with Gasteiger partial charge in [-0.15, -0.1) is 0 Å². The van der Waals surface area contributed by atoms with Gasteiger partial charge in [0.25, 0.3) is 0 Å². The minimum atomic E-state index is -0.580. The van der Waals surface area contributed by atoms with Gasteiger partial charge in [0, 0.05) is 29.0 Å². The first-order chi connectivity index (χ1) is 8.50. The Bertz CT molecular complexity index is 444. The third kappa shape index (κ3) is 2.82. The van der Waals surface area contributed by atoms with Crippen LogP contribution in [-0.2, 0) is 4.79 Å². The van der Waals surface area contributed by atoms with Gasteiger partial charge >= 0.3 is 0 Å². The molecule has 1 aliphatic carbocycles. The van der Waals surface area contributed by atoms with Crippen LogP contribution >= 0.6 is 11.6 Å². The van der Waals surface area contributed by atoms with E-state index in [1.165, 1.54) is 6.07 Å². The number of carbonyl (C=O) groups excluding carboxylic acids is 1. The molecule has 2 rings (SSSR count). The molecule has 0 aliphatic heterocycles. The van der Waals surface area contributed by atoms with Gasteiger partial charge in [0.1, 0.15) is 5.82 Å². The van der Waals surface area contributed by atoms with E-state index in [2.05, 4.69) is 5.32 Å². The van der Waals surface area contributed by atoms with Crippen molar-refractivity contribution in [2.24, 2.45) is 5.92 Å². The first kappa shape index (κ1) is 13.3. The molecule has 0 heterocycles. The number of carbonyl (C=O) groups is 1. The van der Waals surface area contributed by atoms with Gasteiger partial charge in [-0.25, -0.2) is 4.39 Å². The summed E-state index contributed by atoms with van der Waals surface area (Å²) in [5.41, 5.74) is 0.427. The number of amides is 1. The maximum Gasteiger partial charge on any atom is 0.223 e. The highest BCUT2D eigenvalue weighted by Gasteiger charge is 2.46. The molecule has 1 fully saturated rings. The number of hydrogen-bond acceptors (Lipinski definition) is 2. The Morgan fingerprint density at radius 1 is 1.67 bits per heavy atom. The van der Waals surface area contributed by atoms with E-state index in [9.17, 15) is 9.18 Å². The van der Waals surface area contributed by atoms with E-state index in [0.717, 1.165) is 0 Å². The number of hydrogen-bond donors (Lipinski definition) is 2. The molecule has 5 heteroatoms. The van der Waals surface area contributed by atoms with Gasteiger partial charge in [-0.1, -0.05) is 17.7 Å². The summed E-state index contributed by atoms with van der Waals surface area (Å²) >= 11 is 5.95. The first-order valence-electron chi connectivity index (χ1n) is 5.90. The predicted octanol–water partition coefficient (Wildman–Crippen LogP) is 2.08. The number of aliphatic hydroxyl groups is 1. The quantitative estimate of drug-likeness (QED) is 0.881. The highest BCUT2D eigenvalue weighted by atomic mass is 35.5. The summed E-state index contributed by atoms with van der Waals surface area (Å²) in [6.07, 6.45) is 0.0231. The molecular weight excluding hydrogens is 257 g/mol. The Hall–Kier alpha value is -1.13. The molecule has 1 amide bonds. The fraction of sp³-hybridized carbons (Fsp3) is 0.462. The highest BCUT2D eigenvalue weighted by molar-refractivity contribution is 6.31. The summed E-state index contributed by atoms with van der Waals surface area (Å²) in [6.45, 7) is 1.81. The van der Waals surface area contributed by atoms with Crippen LogP contribution in [0.4, 0.5) is 4.39 Å². The highest BCUT2D eigenvalue weighted by Crippen LogP contribution is 2.50. The van der Waals surface area contributed by atoms with Crippen LogP contribution in [0.15, 0.2) is 18.2 Å². The standard InChI is InChI=1S/C13H15ClFNO2/c1-7(17)6-16-13(18)9-5-8(9)12-10(14)3-2-4-11(12)15/h2-4,7-9,17H,5-6H2,1H3,(H,16,18). The summed E-state index contributed by atoms with van der Waals surface area (Å²) in [5, 5.41) is 12.1. The van der Waals surface area contributed by atoms with Gasteiger partial charge in [-0.3, -0.25) is 4.79 Å². The fourth-order valence-corrected chi connectivity index (χ4v) is 2.35. The van der Waals surface area contributed by atoms with Crippen LogP contribution in [-0.4, -0.2) is 23.7 Å². The summed E-state index contributed by atoms with van der Waals surface area (Å²) in [5.74, 6) is -0.899. The third-order valence-electron chi connectivity index (χ3n) is 3.07. The van der Waals surface area contributed by atoms with Crippen molar-refractivity contribution >= 4 is 17.5 Å². The van der Waals surface area contributed by atoms with Crippen molar-refractivity contribution in [3.63, 3.8) is 0 Å². The van der Waals surface area contributed by atoms with E-state index in [-0.39, 0.29) is 30.1 Å². The zero-order valence-electron chi connectivity index (χ0n) is 9.99. The Morgan fingerprint density at radius 3 is 3.00 bits per heavy atom. The number of benzene rings is 1. The smallest absolute Gasteiger partial charge is 0.223 e. The Kier molecular flexibility index (Phi) is 3.88. The van der Waals surface area contributed by atoms with Crippen LogP contribution < -0.4 is 5.32 Å². The van der Waals surface area contributed by atoms with Gasteiger partial charge in [0.15, 0.2) is 0 Å². The molecule has 3 atom stereocenters. The van der Waals surface area contributed by atoms with Crippen molar-refractivity contribution in [1.29, 1.82) is 0 Å². The number of halogens is 2. The topological polar surface area (TPSA) is 49.3 Å². The van der Waals surface area contributed by atoms with Gasteiger partial charge in [-0.2, -0.15) is 0 Å². The maximum atomic E-state index is 13.6. The van der Waals surface area contributed by atoms with Crippen molar-refractivity contribution in [3.8, 4) is 0 Å². The van der Waals surface area contributed by atoms with Crippen LogP contribution in [0.1, 0.15) is 24.8 Å². The van der Waals surface area contributed by atoms with Gasteiger partial charge < -0.3 is 10.4 Å². The van der Waals surface area contributed by atoms with E-state index in [1.807, 2.05) is 0 Å². The maximum absolute atomic E-state index is 13.6. The molecular formula is C13H15ClFNO2. The molecule has 0 bridgehead atoms. The van der Waals surface area contributed by atoms with Gasteiger partial charge in [0.2, 0.25) is 5.91 Å². The molecule has 2 N–H and O–H groups in total. The average molecular weight is 272 g/mol. The molecule has 0 saturated heterocycles. The lowest BCUT2D eigenvalue weighted by Crippen LogP contribution is -2.32. The fourth-order valence-electron chi connectivity index (χ4n) is 2.05. The molecule has 1 saturated carbocycles. The molecule has 0 radical (unpaired) electrons. The summed E-state index contributed by atoms with van der Waals surface area (Å²) < 4.78 is 13.6. The second-order valence-corrected chi connectivity index (χ2v) is 5.09. The zero-order chi connectivity index (χ0) is 13.3. The lowest BCUT2D eigenvalue weighted by atomic mass is 10.1. The molecule has 1 aromatic carbocycles.